The van der Waals surface area contributed by atoms with E-state index in [0.29, 0.717) is 11.4 Å². The molecule has 9 heteroatoms. The molecule has 0 saturated heterocycles. The predicted molar refractivity (Wildman–Crippen MR) is 97.7 cm³/mol. The Kier molecular flexibility index (Phi) is 5.44. The molecule has 28 heavy (non-hydrogen) atoms. The molecule has 1 amide bonds. The number of aromatic nitrogens is 2. The minimum absolute atomic E-state index is 0.158. The fraction of sp³-hybridized carbons (Fsp3) is 0.105. The van der Waals surface area contributed by atoms with E-state index in [1.807, 2.05) is 12.1 Å². The largest absolute Gasteiger partial charge is 0.495 e. The lowest BCUT2D eigenvalue weighted by Crippen LogP contribution is -2.13. The van der Waals surface area contributed by atoms with Crippen LogP contribution in [0.5, 0.6) is 5.75 Å². The highest BCUT2D eigenvalue weighted by Gasteiger charge is 2.30. The molecule has 2 aromatic carbocycles. The molecule has 0 aliphatic heterocycles. The van der Waals surface area contributed by atoms with E-state index < -0.39 is 17.6 Å². The van der Waals surface area contributed by atoms with Crippen LogP contribution in [0.15, 0.2) is 60.9 Å². The Labute approximate surface area is 158 Å². The molecule has 0 radical (unpaired) electrons. The molecular formula is C19H15F3N4O2. The minimum Gasteiger partial charge on any atom is -0.495 e. The van der Waals surface area contributed by atoms with Crippen molar-refractivity contribution in [3.8, 4) is 5.75 Å². The number of para-hydroxylation sites is 2. The van der Waals surface area contributed by atoms with Gasteiger partial charge in [-0.1, -0.05) is 12.1 Å². The number of hydrogen-bond donors (Lipinski definition) is 2. The second kappa shape index (κ2) is 7.95. The van der Waals surface area contributed by atoms with E-state index in [0.717, 1.165) is 12.1 Å². The third-order valence-corrected chi connectivity index (χ3v) is 3.74. The zero-order valence-electron chi connectivity index (χ0n) is 14.6. The van der Waals surface area contributed by atoms with Gasteiger partial charge in [0.05, 0.1) is 23.9 Å². The summed E-state index contributed by atoms with van der Waals surface area (Å²) in [4.78, 5) is 20.4. The van der Waals surface area contributed by atoms with Gasteiger partial charge in [-0.15, -0.1) is 0 Å². The number of carbonyl (C=O) groups excluding carboxylic acids is 1. The average Bonchev–Trinajstić information content (AvgIpc) is 2.68. The number of amides is 1. The van der Waals surface area contributed by atoms with Crippen LogP contribution in [0.25, 0.3) is 0 Å². The van der Waals surface area contributed by atoms with Crippen LogP contribution in [0.1, 0.15) is 15.9 Å². The van der Waals surface area contributed by atoms with Crippen molar-refractivity contribution in [3.05, 3.63) is 72.1 Å². The first-order valence-corrected chi connectivity index (χ1v) is 8.07. The molecular weight excluding hydrogens is 373 g/mol. The summed E-state index contributed by atoms with van der Waals surface area (Å²) >= 11 is 0. The Bertz CT molecular complexity index is 958. The number of hydrogen-bond acceptors (Lipinski definition) is 5. The van der Waals surface area contributed by atoms with E-state index >= 15 is 0 Å². The van der Waals surface area contributed by atoms with Gasteiger partial charge in [-0.2, -0.15) is 13.2 Å². The van der Waals surface area contributed by atoms with E-state index in [1.54, 1.807) is 12.1 Å². The number of nitrogens with zero attached hydrogens (tertiary/aromatic N) is 2. The number of halogens is 3. The topological polar surface area (TPSA) is 76.1 Å². The lowest BCUT2D eigenvalue weighted by Gasteiger charge is -2.10. The number of methoxy groups -OCH3 is 1. The quantitative estimate of drug-likeness (QED) is 0.673. The fourth-order valence-electron chi connectivity index (χ4n) is 2.32. The Hall–Kier alpha value is -3.62. The molecule has 0 saturated carbocycles. The summed E-state index contributed by atoms with van der Waals surface area (Å²) in [5, 5.41) is 5.47. The van der Waals surface area contributed by atoms with Gasteiger partial charge >= 0.3 is 6.18 Å². The number of alkyl halides is 3. The van der Waals surface area contributed by atoms with Crippen LogP contribution in [0.2, 0.25) is 0 Å². The summed E-state index contributed by atoms with van der Waals surface area (Å²) in [5.41, 5.74) is 0.257. The van der Waals surface area contributed by atoms with Crippen molar-refractivity contribution in [2.75, 3.05) is 17.7 Å². The van der Waals surface area contributed by atoms with E-state index in [-0.39, 0.29) is 17.2 Å². The van der Waals surface area contributed by atoms with Gasteiger partial charge in [0.25, 0.3) is 5.91 Å². The van der Waals surface area contributed by atoms with Gasteiger partial charge in [-0.25, -0.2) is 9.97 Å². The second-order valence-corrected chi connectivity index (χ2v) is 5.65. The second-order valence-electron chi connectivity index (χ2n) is 5.65. The molecule has 2 N–H and O–H groups in total. The summed E-state index contributed by atoms with van der Waals surface area (Å²) < 4.78 is 42.9. The van der Waals surface area contributed by atoms with Crippen LogP contribution >= 0.6 is 0 Å². The van der Waals surface area contributed by atoms with Gasteiger partial charge in [0, 0.05) is 18.1 Å². The summed E-state index contributed by atoms with van der Waals surface area (Å²) in [6.07, 6.45) is -1.81. The van der Waals surface area contributed by atoms with Crippen molar-refractivity contribution < 1.29 is 22.7 Å². The van der Waals surface area contributed by atoms with Crippen LogP contribution < -0.4 is 15.4 Å². The number of rotatable bonds is 5. The molecule has 0 spiro atoms. The monoisotopic (exact) mass is 388 g/mol. The van der Waals surface area contributed by atoms with Gasteiger partial charge in [-0.05, 0) is 36.4 Å². The smallest absolute Gasteiger partial charge is 0.416 e. The van der Waals surface area contributed by atoms with E-state index in [4.69, 9.17) is 4.74 Å². The highest BCUT2D eigenvalue weighted by Crippen LogP contribution is 2.30. The van der Waals surface area contributed by atoms with Gasteiger partial charge in [0.1, 0.15) is 5.75 Å². The van der Waals surface area contributed by atoms with Crippen LogP contribution in [-0.4, -0.2) is 23.0 Å². The highest BCUT2D eigenvalue weighted by molar-refractivity contribution is 6.03. The molecule has 0 bridgehead atoms. The molecule has 144 valence electrons. The lowest BCUT2D eigenvalue weighted by atomic mass is 10.2. The van der Waals surface area contributed by atoms with E-state index in [2.05, 4.69) is 20.6 Å². The third-order valence-electron chi connectivity index (χ3n) is 3.74. The molecule has 0 unspecified atom stereocenters. The number of benzene rings is 2. The van der Waals surface area contributed by atoms with E-state index in [9.17, 15) is 18.0 Å². The lowest BCUT2D eigenvalue weighted by molar-refractivity contribution is -0.137. The maximum absolute atomic E-state index is 12.6. The number of nitrogens with one attached hydrogen (secondary N) is 2. The first-order valence-electron chi connectivity index (χ1n) is 8.07. The molecule has 0 aliphatic rings. The molecule has 6 nitrogen and oxygen atoms in total. The first kappa shape index (κ1) is 19.2. The summed E-state index contributed by atoms with van der Waals surface area (Å²) in [6, 6.07) is 11.3. The average molecular weight is 388 g/mol. The maximum Gasteiger partial charge on any atom is 0.416 e. The molecule has 3 rings (SSSR count). The number of ether oxygens (including phenoxy) is 1. The molecule has 1 aromatic heterocycles. The number of carbonyl (C=O) groups is 1. The summed E-state index contributed by atoms with van der Waals surface area (Å²) in [5.74, 6) is 0.328. The highest BCUT2D eigenvalue weighted by atomic mass is 19.4. The Morgan fingerprint density at radius 1 is 1.00 bits per heavy atom. The van der Waals surface area contributed by atoms with Crippen LogP contribution in [0, 0.1) is 0 Å². The van der Waals surface area contributed by atoms with Crippen molar-refractivity contribution in [3.63, 3.8) is 0 Å². The van der Waals surface area contributed by atoms with Crippen LogP contribution in [0.3, 0.4) is 0 Å². The van der Waals surface area contributed by atoms with Crippen LogP contribution in [0.4, 0.5) is 30.5 Å². The number of anilines is 3. The maximum atomic E-state index is 12.6. The standard InChI is InChI=1S/C19H15F3N4O2/c1-28-16-5-3-2-4-15(16)26-18-23-10-12(11-24-18)17(27)25-14-8-6-13(7-9-14)19(20,21)22/h2-11H,1H3,(H,25,27)(H,23,24,26). The van der Waals surface area contributed by atoms with Gasteiger partial charge in [0.15, 0.2) is 0 Å². The fourth-order valence-corrected chi connectivity index (χ4v) is 2.32. The van der Waals surface area contributed by atoms with Gasteiger partial charge in [-0.3, -0.25) is 4.79 Å². The molecule has 3 aromatic rings. The summed E-state index contributed by atoms with van der Waals surface area (Å²) in [7, 11) is 1.54. The first-order chi connectivity index (χ1) is 13.4. The normalized spacial score (nSPS) is 11.0. The molecule has 0 atom stereocenters. The van der Waals surface area contributed by atoms with E-state index in [1.165, 1.54) is 31.6 Å². The Morgan fingerprint density at radius 2 is 1.64 bits per heavy atom. The zero-order valence-corrected chi connectivity index (χ0v) is 14.6. The minimum atomic E-state index is -4.43. The zero-order chi connectivity index (χ0) is 20.1. The van der Waals surface area contributed by atoms with Crippen molar-refractivity contribution in [2.45, 2.75) is 6.18 Å². The van der Waals surface area contributed by atoms with Gasteiger partial charge in [0.2, 0.25) is 5.95 Å². The molecule has 1 heterocycles. The van der Waals surface area contributed by atoms with Crippen molar-refractivity contribution in [1.29, 1.82) is 0 Å². The van der Waals surface area contributed by atoms with Crippen molar-refractivity contribution in [2.24, 2.45) is 0 Å². The van der Waals surface area contributed by atoms with Gasteiger partial charge < -0.3 is 15.4 Å². The van der Waals surface area contributed by atoms with Crippen molar-refractivity contribution in [1.82, 2.24) is 9.97 Å². The predicted octanol–water partition coefficient (Wildman–Crippen LogP) is 4.50. The molecule has 0 fully saturated rings. The van der Waals surface area contributed by atoms with Crippen molar-refractivity contribution >= 4 is 23.2 Å². The Balaban J connectivity index is 1.67. The summed E-state index contributed by atoms with van der Waals surface area (Å²) in [6.45, 7) is 0. The van der Waals surface area contributed by atoms with Crippen LogP contribution in [-0.2, 0) is 6.18 Å². The molecule has 0 aliphatic carbocycles. The third kappa shape index (κ3) is 4.56. The Morgan fingerprint density at radius 3 is 2.25 bits per heavy atom. The SMILES string of the molecule is COc1ccccc1Nc1ncc(C(=O)Nc2ccc(C(F)(F)F)cc2)cn1.